The lowest BCUT2D eigenvalue weighted by molar-refractivity contribution is 0.161. The van der Waals surface area contributed by atoms with Gasteiger partial charge in [-0.2, -0.15) is 0 Å². The standard InChI is InChI=1S/C7H15N3O/c1-7(11)10-5-3-4-9-6-8-2/h3-4,6-7,10-11H,5H2,1-2H3,(H,8,9)/b4-3+. The zero-order valence-electron chi connectivity index (χ0n) is 6.91. The van der Waals surface area contributed by atoms with E-state index in [1.165, 1.54) is 0 Å². The minimum absolute atomic E-state index is 0.459. The topological polar surface area (TPSA) is 56.7 Å². The van der Waals surface area contributed by atoms with Crippen LogP contribution in [0.15, 0.2) is 17.3 Å². The Balaban J connectivity index is 3.16. The van der Waals surface area contributed by atoms with Gasteiger partial charge in [0.25, 0.3) is 0 Å². The Hall–Kier alpha value is -0.870. The van der Waals surface area contributed by atoms with E-state index in [0.717, 1.165) is 0 Å². The van der Waals surface area contributed by atoms with Crippen LogP contribution in [0, 0.1) is 0 Å². The second kappa shape index (κ2) is 7.24. The summed E-state index contributed by atoms with van der Waals surface area (Å²) >= 11 is 0. The lowest BCUT2D eigenvalue weighted by Gasteiger charge is -2.01. The number of aliphatic hydroxyl groups is 1. The Labute approximate surface area is 67.0 Å². The number of aliphatic hydroxyl groups excluding tert-OH is 1. The number of nitrogens with one attached hydrogen (secondary N) is 2. The Bertz CT molecular complexity index is 132. The molecular weight excluding hydrogens is 142 g/mol. The summed E-state index contributed by atoms with van der Waals surface area (Å²) in [5, 5.41) is 14.4. The third-order valence-electron chi connectivity index (χ3n) is 0.949. The van der Waals surface area contributed by atoms with Crippen LogP contribution >= 0.6 is 0 Å². The zero-order valence-corrected chi connectivity index (χ0v) is 6.91. The molecule has 0 amide bonds. The molecule has 0 aromatic rings. The first-order chi connectivity index (χ1) is 5.27. The van der Waals surface area contributed by atoms with Crippen molar-refractivity contribution in [2.24, 2.45) is 4.99 Å². The van der Waals surface area contributed by atoms with Gasteiger partial charge in [0.1, 0.15) is 6.23 Å². The Morgan fingerprint density at radius 3 is 2.91 bits per heavy atom. The van der Waals surface area contributed by atoms with Crippen LogP contribution in [0.3, 0.4) is 0 Å². The molecule has 0 fully saturated rings. The molecule has 0 aliphatic rings. The van der Waals surface area contributed by atoms with Gasteiger partial charge in [0.2, 0.25) is 0 Å². The van der Waals surface area contributed by atoms with E-state index in [9.17, 15) is 0 Å². The summed E-state index contributed by atoms with van der Waals surface area (Å²) in [5.41, 5.74) is 0. The third-order valence-corrected chi connectivity index (χ3v) is 0.949. The maximum Gasteiger partial charge on any atom is 0.102 e. The molecule has 0 radical (unpaired) electrons. The summed E-state index contributed by atoms with van der Waals surface area (Å²) in [6.07, 6.45) is 4.73. The number of aliphatic imine (C=N–C) groups is 1. The van der Waals surface area contributed by atoms with Crippen LogP contribution in [0.5, 0.6) is 0 Å². The van der Waals surface area contributed by atoms with Gasteiger partial charge in [-0.3, -0.25) is 10.3 Å². The first-order valence-electron chi connectivity index (χ1n) is 3.50. The molecule has 0 rings (SSSR count). The normalized spacial score (nSPS) is 14.5. The zero-order chi connectivity index (χ0) is 8.53. The second-order valence-corrected chi connectivity index (χ2v) is 2.04. The van der Waals surface area contributed by atoms with Gasteiger partial charge in [-0.15, -0.1) is 0 Å². The third kappa shape index (κ3) is 9.13. The number of hydrogen-bond donors (Lipinski definition) is 3. The molecule has 0 aromatic heterocycles. The molecule has 1 atom stereocenters. The van der Waals surface area contributed by atoms with Gasteiger partial charge in [0, 0.05) is 13.6 Å². The van der Waals surface area contributed by atoms with Gasteiger partial charge in [-0.05, 0) is 13.1 Å². The van der Waals surface area contributed by atoms with E-state index in [2.05, 4.69) is 15.6 Å². The Morgan fingerprint density at radius 2 is 2.36 bits per heavy atom. The van der Waals surface area contributed by atoms with Crippen molar-refractivity contribution in [3.63, 3.8) is 0 Å². The van der Waals surface area contributed by atoms with Crippen LogP contribution < -0.4 is 10.6 Å². The quantitative estimate of drug-likeness (QED) is 0.291. The predicted octanol–water partition coefficient (Wildman–Crippen LogP) is -0.324. The molecule has 4 heteroatoms. The van der Waals surface area contributed by atoms with Crippen LogP contribution in [0.25, 0.3) is 0 Å². The fourth-order valence-electron chi connectivity index (χ4n) is 0.483. The maximum atomic E-state index is 8.76. The second-order valence-electron chi connectivity index (χ2n) is 2.04. The van der Waals surface area contributed by atoms with Crippen molar-refractivity contribution in [1.29, 1.82) is 0 Å². The van der Waals surface area contributed by atoms with Crippen molar-refractivity contribution in [2.75, 3.05) is 13.6 Å². The molecule has 0 aliphatic carbocycles. The fourth-order valence-corrected chi connectivity index (χ4v) is 0.483. The van der Waals surface area contributed by atoms with Gasteiger partial charge < -0.3 is 10.4 Å². The van der Waals surface area contributed by atoms with Crippen molar-refractivity contribution in [3.8, 4) is 0 Å². The summed E-state index contributed by atoms with van der Waals surface area (Å²) in [6, 6.07) is 0. The molecule has 0 aliphatic heterocycles. The largest absolute Gasteiger partial charge is 0.379 e. The highest BCUT2D eigenvalue weighted by atomic mass is 16.3. The summed E-state index contributed by atoms with van der Waals surface area (Å²) < 4.78 is 0. The van der Waals surface area contributed by atoms with E-state index >= 15 is 0 Å². The molecule has 0 saturated heterocycles. The highest BCUT2D eigenvalue weighted by Gasteiger charge is 1.86. The smallest absolute Gasteiger partial charge is 0.102 e. The van der Waals surface area contributed by atoms with Gasteiger partial charge in [-0.1, -0.05) is 6.08 Å². The predicted molar refractivity (Wildman–Crippen MR) is 46.4 cm³/mol. The minimum Gasteiger partial charge on any atom is -0.379 e. The Morgan fingerprint density at radius 1 is 1.64 bits per heavy atom. The number of hydrogen-bond acceptors (Lipinski definition) is 3. The van der Waals surface area contributed by atoms with Crippen LogP contribution in [0.1, 0.15) is 6.92 Å². The van der Waals surface area contributed by atoms with E-state index in [4.69, 9.17) is 5.11 Å². The van der Waals surface area contributed by atoms with E-state index in [-0.39, 0.29) is 0 Å². The molecule has 0 bridgehead atoms. The molecule has 0 aromatic carbocycles. The molecular formula is C7H15N3O. The summed E-state index contributed by atoms with van der Waals surface area (Å²) in [6.45, 7) is 2.32. The average molecular weight is 157 g/mol. The number of nitrogens with zero attached hydrogens (tertiary/aromatic N) is 1. The van der Waals surface area contributed by atoms with Crippen molar-refractivity contribution in [1.82, 2.24) is 10.6 Å². The summed E-state index contributed by atoms with van der Waals surface area (Å²) in [5.74, 6) is 0. The first-order valence-corrected chi connectivity index (χ1v) is 3.50. The van der Waals surface area contributed by atoms with E-state index in [1.54, 1.807) is 26.5 Å². The van der Waals surface area contributed by atoms with E-state index < -0.39 is 6.23 Å². The molecule has 4 nitrogen and oxygen atoms in total. The van der Waals surface area contributed by atoms with Crippen molar-refractivity contribution < 1.29 is 5.11 Å². The van der Waals surface area contributed by atoms with Gasteiger partial charge in [-0.25, -0.2) is 0 Å². The lowest BCUT2D eigenvalue weighted by Crippen LogP contribution is -2.25. The molecule has 0 saturated carbocycles. The lowest BCUT2D eigenvalue weighted by atomic mass is 10.5. The molecule has 64 valence electrons. The fraction of sp³-hybridized carbons (Fsp3) is 0.571. The van der Waals surface area contributed by atoms with Crippen LogP contribution in [0.2, 0.25) is 0 Å². The Kier molecular flexibility index (Phi) is 6.67. The molecule has 0 spiro atoms. The maximum absolute atomic E-state index is 8.76. The molecule has 1 unspecified atom stereocenters. The highest BCUT2D eigenvalue weighted by molar-refractivity contribution is 5.55. The van der Waals surface area contributed by atoms with Crippen molar-refractivity contribution >= 4 is 6.34 Å². The van der Waals surface area contributed by atoms with Gasteiger partial charge in [0.05, 0.1) is 6.34 Å². The molecule has 0 heterocycles. The van der Waals surface area contributed by atoms with E-state index in [1.807, 2.05) is 6.08 Å². The van der Waals surface area contributed by atoms with Crippen LogP contribution in [0.4, 0.5) is 0 Å². The average Bonchev–Trinajstić information content (AvgIpc) is 1.96. The van der Waals surface area contributed by atoms with Crippen molar-refractivity contribution in [3.05, 3.63) is 12.3 Å². The van der Waals surface area contributed by atoms with Crippen molar-refractivity contribution in [2.45, 2.75) is 13.2 Å². The van der Waals surface area contributed by atoms with Gasteiger partial charge >= 0.3 is 0 Å². The highest BCUT2D eigenvalue weighted by Crippen LogP contribution is 1.70. The monoisotopic (exact) mass is 157 g/mol. The van der Waals surface area contributed by atoms with Crippen LogP contribution in [-0.4, -0.2) is 31.3 Å². The molecule has 3 N–H and O–H groups in total. The van der Waals surface area contributed by atoms with Gasteiger partial charge in [0.15, 0.2) is 0 Å². The summed E-state index contributed by atoms with van der Waals surface area (Å²) in [4.78, 5) is 3.71. The summed E-state index contributed by atoms with van der Waals surface area (Å²) in [7, 11) is 1.69. The molecule has 11 heavy (non-hydrogen) atoms. The van der Waals surface area contributed by atoms with Crippen LogP contribution in [-0.2, 0) is 0 Å². The van der Waals surface area contributed by atoms with E-state index in [0.29, 0.717) is 6.54 Å². The number of rotatable bonds is 5. The SMILES string of the molecule is CN=CN/C=C/CNC(C)O. The first kappa shape index (κ1) is 10.1. The minimum atomic E-state index is -0.459.